The Bertz CT molecular complexity index is 672. The van der Waals surface area contributed by atoms with Crippen molar-refractivity contribution in [3.63, 3.8) is 0 Å². The Hall–Kier alpha value is -2.13. The number of hydrogen-bond acceptors (Lipinski definition) is 2. The molecule has 2 aromatic carbocycles. The van der Waals surface area contributed by atoms with E-state index in [9.17, 15) is 4.79 Å². The zero-order valence-electron chi connectivity index (χ0n) is 16.7. The summed E-state index contributed by atoms with van der Waals surface area (Å²) < 4.78 is 0. The number of para-hydroxylation sites is 1. The molecule has 1 amide bonds. The molecule has 2 rings (SSSR count). The van der Waals surface area contributed by atoms with Gasteiger partial charge < -0.3 is 9.80 Å². The van der Waals surface area contributed by atoms with Gasteiger partial charge >= 0.3 is 0 Å². The van der Waals surface area contributed by atoms with E-state index >= 15 is 0 Å². The minimum atomic E-state index is 0.174. The molecule has 0 N–H and O–H groups in total. The highest BCUT2D eigenvalue weighted by Gasteiger charge is 2.19. The number of anilines is 1. The predicted octanol–water partition coefficient (Wildman–Crippen LogP) is 4.61. The fourth-order valence-electron chi connectivity index (χ4n) is 3.45. The molecular weight excluding hydrogens is 320 g/mol. The number of hydrogen-bond donors (Lipinski definition) is 0. The molecule has 0 aromatic heterocycles. The van der Waals surface area contributed by atoms with Crippen molar-refractivity contribution >= 4 is 11.6 Å². The Morgan fingerprint density at radius 1 is 0.846 bits per heavy atom. The first-order valence-corrected chi connectivity index (χ1v) is 9.69. The minimum absolute atomic E-state index is 0.174. The molecule has 0 unspecified atom stereocenters. The van der Waals surface area contributed by atoms with Crippen LogP contribution in [0.1, 0.15) is 37.0 Å². The lowest BCUT2D eigenvalue weighted by Gasteiger charge is -2.28. The molecule has 0 bridgehead atoms. The maximum absolute atomic E-state index is 13.1. The third-order valence-electron chi connectivity index (χ3n) is 4.96. The van der Waals surface area contributed by atoms with Crippen LogP contribution in [0.4, 0.5) is 5.69 Å². The largest absolute Gasteiger partial charge is 0.312 e. The van der Waals surface area contributed by atoms with Crippen LogP contribution in [-0.4, -0.2) is 37.0 Å². The Kier molecular flexibility index (Phi) is 7.86. The Labute approximate surface area is 158 Å². The fraction of sp³-hybridized carbons (Fsp3) is 0.435. The lowest BCUT2D eigenvalue weighted by atomic mass is 10.1. The van der Waals surface area contributed by atoms with E-state index in [1.807, 2.05) is 35.2 Å². The standard InChI is InChI=1S/C23H32N2O/c1-5-24(6-2)16-11-17-25(23-19(3)12-10-13-20(23)4)22(26)18-21-14-8-7-9-15-21/h7-10,12-15H,5-6,11,16-18H2,1-4H3. The van der Waals surface area contributed by atoms with Crippen molar-refractivity contribution in [3.8, 4) is 0 Å². The van der Waals surface area contributed by atoms with Gasteiger partial charge in [0.1, 0.15) is 0 Å². The number of amides is 1. The lowest BCUT2D eigenvalue weighted by molar-refractivity contribution is -0.118. The maximum Gasteiger partial charge on any atom is 0.231 e. The van der Waals surface area contributed by atoms with Crippen LogP contribution < -0.4 is 4.90 Å². The minimum Gasteiger partial charge on any atom is -0.312 e. The molecule has 0 saturated heterocycles. The zero-order chi connectivity index (χ0) is 18.9. The van der Waals surface area contributed by atoms with E-state index in [1.54, 1.807) is 0 Å². The number of rotatable bonds is 9. The van der Waals surface area contributed by atoms with Gasteiger partial charge in [0.25, 0.3) is 0 Å². The highest BCUT2D eigenvalue weighted by molar-refractivity contribution is 5.96. The summed E-state index contributed by atoms with van der Waals surface area (Å²) in [6, 6.07) is 16.3. The van der Waals surface area contributed by atoms with Crippen molar-refractivity contribution < 1.29 is 4.79 Å². The number of benzene rings is 2. The Balaban J connectivity index is 2.19. The molecule has 0 aliphatic heterocycles. The molecule has 0 fully saturated rings. The molecule has 26 heavy (non-hydrogen) atoms. The Morgan fingerprint density at radius 2 is 1.46 bits per heavy atom. The normalized spacial score (nSPS) is 11.0. The smallest absolute Gasteiger partial charge is 0.231 e. The topological polar surface area (TPSA) is 23.6 Å². The number of carbonyl (C=O) groups excluding carboxylic acids is 1. The van der Waals surface area contributed by atoms with Gasteiger partial charge in [0, 0.05) is 12.2 Å². The highest BCUT2D eigenvalue weighted by atomic mass is 16.2. The Morgan fingerprint density at radius 3 is 2.04 bits per heavy atom. The van der Waals surface area contributed by atoms with Crippen molar-refractivity contribution in [1.29, 1.82) is 0 Å². The van der Waals surface area contributed by atoms with Gasteiger partial charge in [0.15, 0.2) is 0 Å². The molecule has 140 valence electrons. The van der Waals surface area contributed by atoms with Crippen molar-refractivity contribution in [1.82, 2.24) is 4.90 Å². The fourth-order valence-corrected chi connectivity index (χ4v) is 3.45. The van der Waals surface area contributed by atoms with Crippen LogP contribution in [0.5, 0.6) is 0 Å². The summed E-state index contributed by atoms with van der Waals surface area (Å²) in [6.07, 6.45) is 1.43. The number of aryl methyl sites for hydroxylation is 2. The number of carbonyl (C=O) groups is 1. The van der Waals surface area contributed by atoms with Crippen LogP contribution >= 0.6 is 0 Å². The molecule has 0 aliphatic rings. The van der Waals surface area contributed by atoms with Gasteiger partial charge in [-0.1, -0.05) is 62.4 Å². The first-order valence-electron chi connectivity index (χ1n) is 9.69. The average molecular weight is 353 g/mol. The zero-order valence-corrected chi connectivity index (χ0v) is 16.7. The molecule has 2 aromatic rings. The lowest BCUT2D eigenvalue weighted by Crippen LogP contribution is -2.36. The molecule has 0 spiro atoms. The highest BCUT2D eigenvalue weighted by Crippen LogP contribution is 2.25. The third-order valence-corrected chi connectivity index (χ3v) is 4.96. The first-order chi connectivity index (χ1) is 12.6. The summed E-state index contributed by atoms with van der Waals surface area (Å²) in [7, 11) is 0. The van der Waals surface area contributed by atoms with E-state index in [1.165, 1.54) is 0 Å². The third kappa shape index (κ3) is 5.43. The van der Waals surface area contributed by atoms with E-state index in [0.29, 0.717) is 6.42 Å². The van der Waals surface area contributed by atoms with Crippen LogP contribution in [0.3, 0.4) is 0 Å². The molecule has 0 heterocycles. The van der Waals surface area contributed by atoms with Gasteiger partial charge in [-0.25, -0.2) is 0 Å². The maximum atomic E-state index is 13.1. The van der Waals surface area contributed by atoms with Gasteiger partial charge in [-0.2, -0.15) is 0 Å². The van der Waals surface area contributed by atoms with Gasteiger partial charge in [0.05, 0.1) is 6.42 Å². The van der Waals surface area contributed by atoms with Crippen LogP contribution in [0.2, 0.25) is 0 Å². The summed E-state index contributed by atoms with van der Waals surface area (Å²) >= 11 is 0. The second-order valence-electron chi connectivity index (χ2n) is 6.83. The van der Waals surface area contributed by atoms with E-state index in [4.69, 9.17) is 0 Å². The molecule has 3 nitrogen and oxygen atoms in total. The molecule has 0 aliphatic carbocycles. The average Bonchev–Trinajstić information content (AvgIpc) is 2.64. The van der Waals surface area contributed by atoms with Crippen molar-refractivity contribution in [2.24, 2.45) is 0 Å². The van der Waals surface area contributed by atoms with E-state index in [0.717, 1.165) is 55.0 Å². The second kappa shape index (κ2) is 10.1. The van der Waals surface area contributed by atoms with E-state index in [2.05, 4.69) is 50.8 Å². The van der Waals surface area contributed by atoms with E-state index in [-0.39, 0.29) is 5.91 Å². The SMILES string of the molecule is CCN(CC)CCCN(C(=O)Cc1ccccc1)c1c(C)cccc1C. The van der Waals surface area contributed by atoms with Crippen molar-refractivity contribution in [3.05, 3.63) is 65.2 Å². The summed E-state index contributed by atoms with van der Waals surface area (Å²) in [5.74, 6) is 0.174. The van der Waals surface area contributed by atoms with Gasteiger partial charge in [0.2, 0.25) is 5.91 Å². The number of nitrogens with zero attached hydrogens (tertiary/aromatic N) is 2. The second-order valence-corrected chi connectivity index (χ2v) is 6.83. The van der Waals surface area contributed by atoms with Gasteiger partial charge in [-0.3, -0.25) is 4.79 Å². The predicted molar refractivity (Wildman–Crippen MR) is 111 cm³/mol. The van der Waals surface area contributed by atoms with Gasteiger partial charge in [-0.15, -0.1) is 0 Å². The first kappa shape index (κ1) is 20.2. The van der Waals surface area contributed by atoms with Crippen molar-refractivity contribution in [2.45, 2.75) is 40.5 Å². The van der Waals surface area contributed by atoms with Crippen LogP contribution in [0.25, 0.3) is 0 Å². The van der Waals surface area contributed by atoms with Crippen LogP contribution in [0.15, 0.2) is 48.5 Å². The molecule has 0 radical (unpaired) electrons. The van der Waals surface area contributed by atoms with Crippen molar-refractivity contribution in [2.75, 3.05) is 31.1 Å². The van der Waals surface area contributed by atoms with Crippen LogP contribution in [-0.2, 0) is 11.2 Å². The summed E-state index contributed by atoms with van der Waals surface area (Å²) in [5, 5.41) is 0. The molecular formula is C23H32N2O. The van der Waals surface area contributed by atoms with Crippen LogP contribution in [0, 0.1) is 13.8 Å². The van der Waals surface area contributed by atoms with Gasteiger partial charge in [-0.05, 0) is 56.6 Å². The quantitative estimate of drug-likeness (QED) is 0.658. The summed E-state index contributed by atoms with van der Waals surface area (Å²) in [4.78, 5) is 17.6. The monoisotopic (exact) mass is 352 g/mol. The van der Waals surface area contributed by atoms with E-state index < -0.39 is 0 Å². The summed E-state index contributed by atoms with van der Waals surface area (Å²) in [5.41, 5.74) is 4.47. The summed E-state index contributed by atoms with van der Waals surface area (Å²) in [6.45, 7) is 12.4. The molecule has 0 atom stereocenters. The molecule has 0 saturated carbocycles. The molecule has 3 heteroatoms.